The Kier molecular flexibility index (Phi) is 5.65. The van der Waals surface area contributed by atoms with Gasteiger partial charge in [0.1, 0.15) is 0 Å². The first-order valence-electron chi connectivity index (χ1n) is 7.74. The molecule has 1 aromatic carbocycles. The second-order valence-electron chi connectivity index (χ2n) is 5.97. The molecule has 1 aromatic rings. The molecule has 2 aliphatic rings. The first-order chi connectivity index (χ1) is 9.25. The summed E-state index contributed by atoms with van der Waals surface area (Å²) in [6, 6.07) is 11.1. The van der Waals surface area contributed by atoms with Crippen LogP contribution in [0.15, 0.2) is 35.9 Å². The van der Waals surface area contributed by atoms with E-state index in [4.69, 9.17) is 5.73 Å². The number of benzene rings is 1. The van der Waals surface area contributed by atoms with Crippen LogP contribution in [0.3, 0.4) is 0 Å². The third-order valence-corrected chi connectivity index (χ3v) is 4.07. The van der Waals surface area contributed by atoms with Crippen molar-refractivity contribution in [3.05, 3.63) is 41.5 Å². The van der Waals surface area contributed by atoms with E-state index in [9.17, 15) is 0 Å². The highest BCUT2D eigenvalue weighted by Crippen LogP contribution is 2.36. The Hall–Kier alpha value is -1.08. The van der Waals surface area contributed by atoms with Crippen molar-refractivity contribution < 1.29 is 0 Å². The first kappa shape index (κ1) is 14.3. The van der Waals surface area contributed by atoms with Crippen LogP contribution in [0.1, 0.15) is 57.4 Å². The predicted octanol–water partition coefficient (Wildman–Crippen LogP) is 4.78. The van der Waals surface area contributed by atoms with Gasteiger partial charge in [0.05, 0.1) is 0 Å². The average molecular weight is 257 g/mol. The Balaban J connectivity index is 0.000000163. The van der Waals surface area contributed by atoms with Crippen LogP contribution in [-0.4, -0.2) is 6.04 Å². The van der Waals surface area contributed by atoms with Gasteiger partial charge >= 0.3 is 0 Å². The van der Waals surface area contributed by atoms with E-state index in [0.29, 0.717) is 6.04 Å². The van der Waals surface area contributed by atoms with Crippen LogP contribution in [0, 0.1) is 5.92 Å². The van der Waals surface area contributed by atoms with Gasteiger partial charge in [-0.2, -0.15) is 0 Å². The minimum atomic E-state index is 0.536. The maximum atomic E-state index is 5.63. The molecule has 19 heavy (non-hydrogen) atoms. The Labute approximate surface area is 117 Å². The Morgan fingerprint density at radius 1 is 1.00 bits per heavy atom. The van der Waals surface area contributed by atoms with Crippen molar-refractivity contribution in [1.29, 1.82) is 0 Å². The van der Waals surface area contributed by atoms with Gasteiger partial charge in [-0.3, -0.25) is 0 Å². The van der Waals surface area contributed by atoms with E-state index in [0.717, 1.165) is 5.92 Å². The molecule has 1 heteroatoms. The van der Waals surface area contributed by atoms with Crippen LogP contribution in [0.5, 0.6) is 0 Å². The first-order valence-corrected chi connectivity index (χ1v) is 7.74. The zero-order chi connectivity index (χ0) is 13.5. The number of rotatable bonds is 2. The molecule has 0 unspecified atom stereocenters. The SMILES string of the molecule is C/C(=C\c1ccccc1)C1CC1.NC1CCCCC1. The van der Waals surface area contributed by atoms with E-state index >= 15 is 0 Å². The van der Waals surface area contributed by atoms with Gasteiger partial charge < -0.3 is 5.73 Å². The molecule has 2 N–H and O–H groups in total. The lowest BCUT2D eigenvalue weighted by Gasteiger charge is -2.15. The monoisotopic (exact) mass is 257 g/mol. The summed E-state index contributed by atoms with van der Waals surface area (Å²) >= 11 is 0. The summed E-state index contributed by atoms with van der Waals surface area (Å²) in [5, 5.41) is 0. The van der Waals surface area contributed by atoms with Gasteiger partial charge in [0, 0.05) is 6.04 Å². The van der Waals surface area contributed by atoms with Gasteiger partial charge in [0.15, 0.2) is 0 Å². The number of allylic oxidation sites excluding steroid dienone is 1. The largest absolute Gasteiger partial charge is 0.328 e. The molecule has 0 amide bonds. The molecule has 0 saturated heterocycles. The summed E-state index contributed by atoms with van der Waals surface area (Å²) in [5.74, 6) is 0.894. The number of hydrogen-bond acceptors (Lipinski definition) is 1. The maximum absolute atomic E-state index is 5.63. The fourth-order valence-electron chi connectivity index (χ4n) is 2.60. The third kappa shape index (κ3) is 5.61. The highest BCUT2D eigenvalue weighted by molar-refractivity contribution is 5.53. The molecule has 0 bridgehead atoms. The van der Waals surface area contributed by atoms with Crippen molar-refractivity contribution in [3.63, 3.8) is 0 Å². The molecule has 0 radical (unpaired) electrons. The molecule has 0 atom stereocenters. The van der Waals surface area contributed by atoms with Crippen molar-refractivity contribution in [2.75, 3.05) is 0 Å². The minimum Gasteiger partial charge on any atom is -0.328 e. The summed E-state index contributed by atoms with van der Waals surface area (Å²) in [6.45, 7) is 2.24. The molecule has 1 nitrogen and oxygen atoms in total. The zero-order valence-electron chi connectivity index (χ0n) is 12.1. The van der Waals surface area contributed by atoms with E-state index in [1.54, 1.807) is 5.57 Å². The fourth-order valence-corrected chi connectivity index (χ4v) is 2.60. The van der Waals surface area contributed by atoms with Crippen molar-refractivity contribution in [1.82, 2.24) is 0 Å². The molecule has 104 valence electrons. The second-order valence-corrected chi connectivity index (χ2v) is 5.97. The van der Waals surface area contributed by atoms with Crippen LogP contribution in [0.4, 0.5) is 0 Å². The maximum Gasteiger partial charge on any atom is 0.00388 e. The number of hydrogen-bond donors (Lipinski definition) is 1. The topological polar surface area (TPSA) is 26.0 Å². The van der Waals surface area contributed by atoms with Crippen LogP contribution in [0.25, 0.3) is 6.08 Å². The Morgan fingerprint density at radius 3 is 2.11 bits per heavy atom. The molecule has 0 spiro atoms. The van der Waals surface area contributed by atoms with Gasteiger partial charge in [-0.05, 0) is 44.1 Å². The second kappa shape index (κ2) is 7.49. The molecular formula is C18H27N. The zero-order valence-corrected chi connectivity index (χ0v) is 12.1. The van der Waals surface area contributed by atoms with Gasteiger partial charge in [-0.1, -0.05) is 61.2 Å². The number of nitrogens with two attached hydrogens (primary N) is 1. The van der Waals surface area contributed by atoms with E-state index in [1.807, 2.05) is 0 Å². The van der Waals surface area contributed by atoms with Gasteiger partial charge in [0.25, 0.3) is 0 Å². The highest BCUT2D eigenvalue weighted by atomic mass is 14.6. The minimum absolute atomic E-state index is 0.536. The summed E-state index contributed by atoms with van der Waals surface area (Å²) in [7, 11) is 0. The van der Waals surface area contributed by atoms with Gasteiger partial charge in [-0.15, -0.1) is 0 Å². The quantitative estimate of drug-likeness (QED) is 0.811. The molecule has 2 fully saturated rings. The van der Waals surface area contributed by atoms with Gasteiger partial charge in [0.2, 0.25) is 0 Å². The van der Waals surface area contributed by atoms with Gasteiger partial charge in [-0.25, -0.2) is 0 Å². The molecule has 2 saturated carbocycles. The van der Waals surface area contributed by atoms with Crippen molar-refractivity contribution in [2.45, 2.75) is 57.9 Å². The third-order valence-electron chi connectivity index (χ3n) is 4.07. The van der Waals surface area contributed by atoms with Crippen LogP contribution in [-0.2, 0) is 0 Å². The lowest BCUT2D eigenvalue weighted by Crippen LogP contribution is -2.22. The highest BCUT2D eigenvalue weighted by Gasteiger charge is 2.22. The van der Waals surface area contributed by atoms with E-state index in [2.05, 4.69) is 43.3 Å². The fraction of sp³-hybridized carbons (Fsp3) is 0.556. The van der Waals surface area contributed by atoms with E-state index in [-0.39, 0.29) is 0 Å². The normalized spacial score (nSPS) is 20.6. The van der Waals surface area contributed by atoms with Crippen LogP contribution in [0.2, 0.25) is 0 Å². The summed E-state index contributed by atoms with van der Waals surface area (Å²) in [5.41, 5.74) is 8.51. The molecule has 2 aliphatic carbocycles. The molecule has 0 heterocycles. The standard InChI is InChI=1S/C12H14.C6H13N/c1-10(12-7-8-12)9-11-5-3-2-4-6-11;7-6-4-2-1-3-5-6/h2-6,9,12H,7-8H2,1H3;6H,1-5,7H2/b10-9+;. The summed E-state index contributed by atoms with van der Waals surface area (Å²) < 4.78 is 0. The predicted molar refractivity (Wildman–Crippen MR) is 83.9 cm³/mol. The summed E-state index contributed by atoms with van der Waals surface area (Å²) in [4.78, 5) is 0. The smallest absolute Gasteiger partial charge is 0.00388 e. The Bertz CT molecular complexity index is 383. The lowest BCUT2D eigenvalue weighted by molar-refractivity contribution is 0.441. The van der Waals surface area contributed by atoms with Crippen LogP contribution >= 0.6 is 0 Å². The average Bonchev–Trinajstić information content (AvgIpc) is 3.26. The van der Waals surface area contributed by atoms with E-state index in [1.165, 1.54) is 50.5 Å². The Morgan fingerprint density at radius 2 is 1.63 bits per heavy atom. The van der Waals surface area contributed by atoms with Crippen LogP contribution < -0.4 is 5.73 Å². The molecule has 0 aliphatic heterocycles. The molecule has 3 rings (SSSR count). The molecular weight excluding hydrogens is 230 g/mol. The molecule has 0 aromatic heterocycles. The lowest BCUT2D eigenvalue weighted by atomic mass is 9.97. The van der Waals surface area contributed by atoms with Crippen molar-refractivity contribution in [3.8, 4) is 0 Å². The summed E-state index contributed by atoms with van der Waals surface area (Å²) in [6.07, 6.45) is 11.8. The van der Waals surface area contributed by atoms with Crippen molar-refractivity contribution >= 4 is 6.08 Å². The van der Waals surface area contributed by atoms with E-state index < -0.39 is 0 Å². The van der Waals surface area contributed by atoms with Crippen molar-refractivity contribution in [2.24, 2.45) is 11.7 Å².